The van der Waals surface area contributed by atoms with Crippen LogP contribution in [0.15, 0.2) is 82.3 Å². The second-order valence-electron chi connectivity index (χ2n) is 8.14. The Bertz CT molecular complexity index is 1400. The Balaban J connectivity index is 1.26. The minimum Gasteiger partial charge on any atom is -0.459 e. The van der Waals surface area contributed by atoms with Crippen LogP contribution in [-0.2, 0) is 35.1 Å². The second-order valence-corrected chi connectivity index (χ2v) is 11.2. The molecule has 9 heteroatoms. The second kappa shape index (κ2) is 9.54. The zero-order chi connectivity index (χ0) is 23.5. The number of nitrogens with one attached hydrogen (secondary N) is 1. The van der Waals surface area contributed by atoms with Gasteiger partial charge in [-0.2, -0.15) is 0 Å². The predicted octanol–water partition coefficient (Wildman–Crippen LogP) is 4.52. The van der Waals surface area contributed by atoms with Crippen molar-refractivity contribution in [3.8, 4) is 0 Å². The fourth-order valence-corrected chi connectivity index (χ4v) is 6.42. The van der Waals surface area contributed by atoms with Gasteiger partial charge in [-0.3, -0.25) is 15.0 Å². The van der Waals surface area contributed by atoms with Crippen molar-refractivity contribution in [1.29, 1.82) is 0 Å². The van der Waals surface area contributed by atoms with Crippen molar-refractivity contribution in [3.63, 3.8) is 0 Å². The Morgan fingerprint density at radius 2 is 1.79 bits per heavy atom. The molecule has 7 nitrogen and oxygen atoms in total. The van der Waals surface area contributed by atoms with Gasteiger partial charge in [-0.25, -0.2) is 13.4 Å². The highest BCUT2D eigenvalue weighted by atomic mass is 32.2. The largest absolute Gasteiger partial charge is 0.459 e. The summed E-state index contributed by atoms with van der Waals surface area (Å²) in [4.78, 5) is 21.2. The molecule has 0 saturated carbocycles. The summed E-state index contributed by atoms with van der Waals surface area (Å²) in [5.41, 5.74) is 2.58. The van der Waals surface area contributed by atoms with Gasteiger partial charge < -0.3 is 4.42 Å². The number of benzene rings is 2. The lowest BCUT2D eigenvalue weighted by Gasteiger charge is -2.25. The number of hydrogen-bond donors (Lipinski definition) is 1. The zero-order valence-corrected chi connectivity index (χ0v) is 19.9. The van der Waals surface area contributed by atoms with Crippen LogP contribution in [0.3, 0.4) is 0 Å². The van der Waals surface area contributed by atoms with E-state index < -0.39 is 15.7 Å². The van der Waals surface area contributed by atoms with Crippen molar-refractivity contribution < 1.29 is 17.6 Å². The smallest absolute Gasteiger partial charge is 0.293 e. The molecular formula is C25H23N3O4S2. The maximum Gasteiger partial charge on any atom is 0.293 e. The quantitative estimate of drug-likeness (QED) is 0.407. The van der Waals surface area contributed by atoms with Crippen molar-refractivity contribution in [2.45, 2.75) is 30.2 Å². The first-order valence-electron chi connectivity index (χ1n) is 10.9. The van der Waals surface area contributed by atoms with Crippen LogP contribution in [-0.4, -0.2) is 30.8 Å². The van der Waals surface area contributed by atoms with Crippen molar-refractivity contribution in [3.05, 3.63) is 100 Å². The van der Waals surface area contributed by atoms with E-state index in [9.17, 15) is 13.2 Å². The summed E-state index contributed by atoms with van der Waals surface area (Å²) in [6, 6.07) is 20.0. The molecule has 0 atom stereocenters. The molecule has 2 aromatic heterocycles. The summed E-state index contributed by atoms with van der Waals surface area (Å²) < 4.78 is 30.8. The third-order valence-electron chi connectivity index (χ3n) is 5.68. The Kier molecular flexibility index (Phi) is 6.32. The van der Waals surface area contributed by atoms with Crippen molar-refractivity contribution in [1.82, 2.24) is 9.88 Å². The molecule has 0 bridgehead atoms. The minimum atomic E-state index is -3.60. The van der Waals surface area contributed by atoms with E-state index in [0.29, 0.717) is 10.7 Å². The number of amides is 1. The van der Waals surface area contributed by atoms with Gasteiger partial charge in [0.2, 0.25) is 0 Å². The molecule has 2 aromatic carbocycles. The highest BCUT2D eigenvalue weighted by molar-refractivity contribution is 7.90. The maximum absolute atomic E-state index is 12.9. The van der Waals surface area contributed by atoms with E-state index in [2.05, 4.69) is 27.3 Å². The van der Waals surface area contributed by atoms with Gasteiger partial charge in [0.25, 0.3) is 5.91 Å². The highest BCUT2D eigenvalue weighted by Gasteiger charge is 2.25. The number of anilines is 1. The van der Waals surface area contributed by atoms with Gasteiger partial charge in [-0.15, -0.1) is 11.3 Å². The Labute approximate surface area is 202 Å². The number of thiazole rings is 1. The molecule has 1 aliphatic rings. The Morgan fingerprint density at radius 3 is 2.56 bits per heavy atom. The standard InChI is InChI=1S/C25H23N3O4S2/c29-24(23-19(12-14-32-23)17-34(30,31)20-9-5-2-6-10-20)27-25-26-21-11-13-28(16-22(21)33-25)15-18-7-3-1-4-8-18/h1-10,12,14H,11,13,15-17H2,(H,26,27,29). The van der Waals surface area contributed by atoms with E-state index in [0.717, 1.165) is 36.6 Å². The molecule has 1 aliphatic heterocycles. The molecule has 0 fully saturated rings. The van der Waals surface area contributed by atoms with Gasteiger partial charge in [0.05, 0.1) is 22.6 Å². The molecule has 174 valence electrons. The van der Waals surface area contributed by atoms with Crippen LogP contribution >= 0.6 is 11.3 Å². The summed E-state index contributed by atoms with van der Waals surface area (Å²) in [7, 11) is -3.60. The van der Waals surface area contributed by atoms with Crippen molar-refractivity contribution in [2.75, 3.05) is 11.9 Å². The maximum atomic E-state index is 12.9. The zero-order valence-electron chi connectivity index (χ0n) is 18.3. The van der Waals surface area contributed by atoms with Crippen LogP contribution in [0.5, 0.6) is 0 Å². The highest BCUT2D eigenvalue weighted by Crippen LogP contribution is 2.30. The normalized spacial score (nSPS) is 14.0. The fourth-order valence-electron chi connectivity index (χ4n) is 4.00. The summed E-state index contributed by atoms with van der Waals surface area (Å²) >= 11 is 1.45. The molecule has 0 radical (unpaired) electrons. The lowest BCUT2D eigenvalue weighted by Crippen LogP contribution is -2.29. The van der Waals surface area contributed by atoms with Crippen LogP contribution in [0.25, 0.3) is 0 Å². The predicted molar refractivity (Wildman–Crippen MR) is 130 cm³/mol. The Hall–Kier alpha value is -3.27. The number of fused-ring (bicyclic) bond motifs is 1. The first kappa shape index (κ1) is 22.5. The van der Waals surface area contributed by atoms with E-state index in [-0.39, 0.29) is 16.4 Å². The lowest BCUT2D eigenvalue weighted by molar-refractivity contribution is 0.0995. The van der Waals surface area contributed by atoms with Crippen LogP contribution in [0.1, 0.15) is 32.3 Å². The molecule has 5 rings (SSSR count). The number of aromatic nitrogens is 1. The van der Waals surface area contributed by atoms with Crippen LogP contribution in [0, 0.1) is 0 Å². The number of rotatable bonds is 7. The minimum absolute atomic E-state index is 0.0154. The van der Waals surface area contributed by atoms with Gasteiger partial charge in [0.1, 0.15) is 0 Å². The van der Waals surface area contributed by atoms with Crippen LogP contribution < -0.4 is 5.32 Å². The number of furan rings is 1. The molecule has 0 saturated heterocycles. The molecule has 0 spiro atoms. The van der Waals surface area contributed by atoms with Crippen LogP contribution in [0.4, 0.5) is 5.13 Å². The van der Waals surface area contributed by atoms with Crippen LogP contribution in [0.2, 0.25) is 0 Å². The first-order valence-corrected chi connectivity index (χ1v) is 13.4. The molecular weight excluding hydrogens is 470 g/mol. The molecule has 0 unspecified atom stereocenters. The molecule has 4 aromatic rings. The summed E-state index contributed by atoms with van der Waals surface area (Å²) in [5, 5.41) is 3.28. The Morgan fingerprint density at radius 1 is 1.06 bits per heavy atom. The third-order valence-corrected chi connectivity index (χ3v) is 8.36. The van der Waals surface area contributed by atoms with Gasteiger partial charge >= 0.3 is 0 Å². The van der Waals surface area contributed by atoms with E-state index in [4.69, 9.17) is 4.42 Å². The summed E-state index contributed by atoms with van der Waals surface area (Å²) in [5.74, 6) is -0.840. The molecule has 3 heterocycles. The summed E-state index contributed by atoms with van der Waals surface area (Å²) in [6.45, 7) is 2.54. The number of hydrogen-bond acceptors (Lipinski definition) is 7. The number of carbonyl (C=O) groups excluding carboxylic acids is 1. The molecule has 0 aliphatic carbocycles. The average Bonchev–Trinajstić information content (AvgIpc) is 3.46. The first-order chi connectivity index (χ1) is 16.5. The van der Waals surface area contributed by atoms with Gasteiger partial charge in [-0.05, 0) is 23.8 Å². The van der Waals surface area contributed by atoms with E-state index in [1.54, 1.807) is 18.2 Å². The van der Waals surface area contributed by atoms with E-state index >= 15 is 0 Å². The number of sulfone groups is 1. The van der Waals surface area contributed by atoms with Gasteiger partial charge in [0, 0.05) is 36.5 Å². The van der Waals surface area contributed by atoms with E-state index in [1.807, 2.05) is 18.2 Å². The van der Waals surface area contributed by atoms with Gasteiger partial charge in [0.15, 0.2) is 20.7 Å². The third kappa shape index (κ3) is 4.96. The van der Waals surface area contributed by atoms with Crippen molar-refractivity contribution >= 4 is 32.2 Å². The molecule has 1 N–H and O–H groups in total. The topological polar surface area (TPSA) is 92.5 Å². The summed E-state index contributed by atoms with van der Waals surface area (Å²) in [6.07, 6.45) is 2.15. The van der Waals surface area contributed by atoms with Crippen molar-refractivity contribution in [2.24, 2.45) is 0 Å². The fraction of sp³-hybridized carbons (Fsp3) is 0.200. The van der Waals surface area contributed by atoms with E-state index in [1.165, 1.54) is 41.4 Å². The number of carbonyl (C=O) groups is 1. The lowest BCUT2D eigenvalue weighted by atomic mass is 10.1. The average molecular weight is 494 g/mol. The number of nitrogens with zero attached hydrogens (tertiary/aromatic N) is 2. The molecule has 1 amide bonds. The van der Waals surface area contributed by atoms with Gasteiger partial charge in [-0.1, -0.05) is 48.5 Å². The molecule has 34 heavy (non-hydrogen) atoms. The monoisotopic (exact) mass is 493 g/mol. The SMILES string of the molecule is O=C(Nc1nc2c(s1)CN(Cc1ccccc1)CC2)c1occc1CS(=O)(=O)c1ccccc1.